The van der Waals surface area contributed by atoms with Gasteiger partial charge in [0.1, 0.15) is 0 Å². The van der Waals surface area contributed by atoms with Crippen molar-refractivity contribution in [1.29, 1.82) is 0 Å². The lowest BCUT2D eigenvalue weighted by molar-refractivity contribution is -0.121. The molecule has 1 amide bonds. The van der Waals surface area contributed by atoms with Crippen molar-refractivity contribution in [2.75, 3.05) is 18.4 Å². The second kappa shape index (κ2) is 9.19. The number of anilines is 1. The quantitative estimate of drug-likeness (QED) is 0.563. The molecule has 11 heteroatoms. The molecule has 1 atom stereocenters. The molecule has 1 unspecified atom stereocenters. The summed E-state index contributed by atoms with van der Waals surface area (Å²) >= 11 is 12.0. The van der Waals surface area contributed by atoms with E-state index in [1.807, 2.05) is 6.92 Å². The number of carbonyl (C=O) groups excluding carboxylic acids is 1. The van der Waals surface area contributed by atoms with Crippen LogP contribution in [0.15, 0.2) is 51.8 Å². The van der Waals surface area contributed by atoms with E-state index < -0.39 is 15.9 Å². The van der Waals surface area contributed by atoms with Gasteiger partial charge in [0.2, 0.25) is 21.8 Å². The maximum Gasteiger partial charge on any atom is 0.322 e. The summed E-state index contributed by atoms with van der Waals surface area (Å²) in [4.78, 5) is 13.0. The molecule has 0 spiro atoms. The second-order valence-corrected chi connectivity index (χ2v) is 10.4. The van der Waals surface area contributed by atoms with Gasteiger partial charge < -0.3 is 4.42 Å². The van der Waals surface area contributed by atoms with E-state index in [9.17, 15) is 13.2 Å². The van der Waals surface area contributed by atoms with Crippen LogP contribution in [0.5, 0.6) is 0 Å². The standard InChI is InChI=1S/C21H20Cl2N4O4S/c1-13-4-6-18(7-5-13)32(29,30)27-8-2-3-14(12-27)19(28)24-21-26-25-20(31-21)15-9-16(22)11-17(23)10-15/h4-7,9-11,14H,2-3,8,12H2,1H3,(H,24,26,28). The molecule has 1 aromatic heterocycles. The zero-order chi connectivity index (χ0) is 22.9. The molecule has 0 aliphatic carbocycles. The van der Waals surface area contributed by atoms with Crippen molar-refractivity contribution < 1.29 is 17.6 Å². The molecule has 0 bridgehead atoms. The van der Waals surface area contributed by atoms with E-state index in [2.05, 4.69) is 15.5 Å². The van der Waals surface area contributed by atoms with Crippen LogP contribution in [0.1, 0.15) is 18.4 Å². The van der Waals surface area contributed by atoms with Crippen LogP contribution in [0.25, 0.3) is 11.5 Å². The molecule has 4 rings (SSSR count). The van der Waals surface area contributed by atoms with Crippen LogP contribution in [-0.4, -0.2) is 41.9 Å². The summed E-state index contributed by atoms with van der Waals surface area (Å²) in [6.45, 7) is 2.33. The van der Waals surface area contributed by atoms with Crippen LogP contribution >= 0.6 is 23.2 Å². The van der Waals surface area contributed by atoms with Crippen molar-refractivity contribution in [3.8, 4) is 11.5 Å². The first-order valence-corrected chi connectivity index (χ1v) is 12.1. The normalized spacial score (nSPS) is 17.3. The minimum absolute atomic E-state index is 0.0763. The van der Waals surface area contributed by atoms with Crippen molar-refractivity contribution in [3.05, 3.63) is 58.1 Å². The summed E-state index contributed by atoms with van der Waals surface area (Å²) < 4.78 is 32.8. The third-order valence-electron chi connectivity index (χ3n) is 5.18. The molecular weight excluding hydrogens is 475 g/mol. The van der Waals surface area contributed by atoms with Gasteiger partial charge in [0.05, 0.1) is 10.8 Å². The van der Waals surface area contributed by atoms with E-state index in [1.54, 1.807) is 42.5 Å². The van der Waals surface area contributed by atoms with E-state index in [-0.39, 0.29) is 29.3 Å². The number of aryl methyl sites for hydroxylation is 1. The maximum atomic E-state index is 13.0. The predicted octanol–water partition coefficient (Wildman–Crippen LogP) is 4.39. The summed E-state index contributed by atoms with van der Waals surface area (Å²) in [5.74, 6) is -0.773. The average Bonchev–Trinajstić information content (AvgIpc) is 3.22. The Labute approximate surface area is 195 Å². The summed E-state index contributed by atoms with van der Waals surface area (Å²) in [7, 11) is -3.68. The van der Waals surface area contributed by atoms with Crippen LogP contribution in [0.3, 0.4) is 0 Å². The molecule has 1 aliphatic heterocycles. The molecule has 3 aromatic rings. The second-order valence-electron chi connectivity index (χ2n) is 7.57. The van der Waals surface area contributed by atoms with E-state index in [1.165, 1.54) is 4.31 Å². The van der Waals surface area contributed by atoms with Gasteiger partial charge in [-0.3, -0.25) is 10.1 Å². The number of hydrogen-bond acceptors (Lipinski definition) is 6. The molecule has 1 saturated heterocycles. The van der Waals surface area contributed by atoms with Crippen LogP contribution < -0.4 is 5.32 Å². The zero-order valence-corrected chi connectivity index (χ0v) is 19.4. The number of benzene rings is 2. The Hall–Kier alpha value is -2.46. The highest BCUT2D eigenvalue weighted by Gasteiger charge is 2.33. The fourth-order valence-corrected chi connectivity index (χ4v) is 5.56. The molecule has 0 saturated carbocycles. The molecule has 2 heterocycles. The first-order valence-electron chi connectivity index (χ1n) is 9.90. The SMILES string of the molecule is Cc1ccc(S(=O)(=O)N2CCCC(C(=O)Nc3nnc(-c4cc(Cl)cc(Cl)c4)o3)C2)cc1. The third-order valence-corrected chi connectivity index (χ3v) is 7.49. The Kier molecular flexibility index (Phi) is 6.52. The topological polar surface area (TPSA) is 105 Å². The lowest BCUT2D eigenvalue weighted by Crippen LogP contribution is -2.43. The van der Waals surface area contributed by atoms with Gasteiger partial charge in [-0.25, -0.2) is 8.42 Å². The third kappa shape index (κ3) is 4.96. The van der Waals surface area contributed by atoms with E-state index in [0.717, 1.165) is 5.56 Å². The van der Waals surface area contributed by atoms with Crippen LogP contribution in [0, 0.1) is 12.8 Å². The smallest absolute Gasteiger partial charge is 0.322 e. The number of nitrogens with one attached hydrogen (secondary N) is 1. The monoisotopic (exact) mass is 494 g/mol. The number of halogens is 2. The molecule has 1 aliphatic rings. The number of carbonyl (C=O) groups is 1. The number of hydrogen-bond donors (Lipinski definition) is 1. The first kappa shape index (κ1) is 22.7. The maximum absolute atomic E-state index is 13.0. The van der Waals surface area contributed by atoms with Gasteiger partial charge >= 0.3 is 6.01 Å². The van der Waals surface area contributed by atoms with Gasteiger partial charge in [-0.05, 0) is 50.1 Å². The van der Waals surface area contributed by atoms with Gasteiger partial charge in [-0.15, -0.1) is 5.10 Å². The summed E-state index contributed by atoms with van der Waals surface area (Å²) in [6.07, 6.45) is 1.12. The summed E-state index contributed by atoms with van der Waals surface area (Å²) in [5, 5.41) is 11.2. The van der Waals surface area contributed by atoms with E-state index in [4.69, 9.17) is 27.6 Å². The minimum Gasteiger partial charge on any atom is -0.403 e. The van der Waals surface area contributed by atoms with Crippen LogP contribution in [0.2, 0.25) is 10.0 Å². The Morgan fingerprint density at radius 2 is 1.81 bits per heavy atom. The first-order chi connectivity index (χ1) is 15.2. The molecule has 8 nitrogen and oxygen atoms in total. The van der Waals surface area contributed by atoms with E-state index in [0.29, 0.717) is 35.0 Å². The van der Waals surface area contributed by atoms with Gasteiger partial charge in [0.15, 0.2) is 0 Å². The number of sulfonamides is 1. The van der Waals surface area contributed by atoms with Crippen molar-refractivity contribution in [1.82, 2.24) is 14.5 Å². The van der Waals surface area contributed by atoms with Gasteiger partial charge in [0, 0.05) is 28.7 Å². The Bertz CT molecular complexity index is 1220. The lowest BCUT2D eigenvalue weighted by atomic mass is 9.99. The van der Waals surface area contributed by atoms with Crippen molar-refractivity contribution in [2.45, 2.75) is 24.7 Å². The van der Waals surface area contributed by atoms with Gasteiger partial charge in [-0.2, -0.15) is 4.31 Å². The van der Waals surface area contributed by atoms with E-state index >= 15 is 0 Å². The highest BCUT2D eigenvalue weighted by atomic mass is 35.5. The molecule has 0 radical (unpaired) electrons. The lowest BCUT2D eigenvalue weighted by Gasteiger charge is -2.30. The molecule has 1 N–H and O–H groups in total. The summed E-state index contributed by atoms with van der Waals surface area (Å²) in [5.41, 5.74) is 1.49. The number of piperidine rings is 1. The minimum atomic E-state index is -3.68. The molecule has 32 heavy (non-hydrogen) atoms. The summed E-state index contributed by atoms with van der Waals surface area (Å²) in [6, 6.07) is 11.4. The van der Waals surface area contributed by atoms with Crippen LogP contribution in [-0.2, 0) is 14.8 Å². The van der Waals surface area contributed by atoms with Gasteiger partial charge in [-0.1, -0.05) is 46.0 Å². The highest BCUT2D eigenvalue weighted by molar-refractivity contribution is 7.89. The number of nitrogens with zero attached hydrogens (tertiary/aromatic N) is 3. The Morgan fingerprint density at radius 3 is 2.50 bits per heavy atom. The molecule has 2 aromatic carbocycles. The highest BCUT2D eigenvalue weighted by Crippen LogP contribution is 2.28. The Morgan fingerprint density at radius 1 is 1.12 bits per heavy atom. The fraction of sp³-hybridized carbons (Fsp3) is 0.286. The Balaban J connectivity index is 1.45. The zero-order valence-electron chi connectivity index (χ0n) is 17.1. The van der Waals surface area contributed by atoms with Crippen molar-refractivity contribution >= 4 is 45.1 Å². The average molecular weight is 495 g/mol. The predicted molar refractivity (Wildman–Crippen MR) is 121 cm³/mol. The molecular formula is C21H20Cl2N4O4S. The number of aromatic nitrogens is 2. The number of rotatable bonds is 5. The fourth-order valence-electron chi connectivity index (χ4n) is 3.51. The van der Waals surface area contributed by atoms with Crippen LogP contribution in [0.4, 0.5) is 6.01 Å². The largest absolute Gasteiger partial charge is 0.403 e. The number of amides is 1. The molecule has 168 valence electrons. The van der Waals surface area contributed by atoms with Crippen molar-refractivity contribution in [2.24, 2.45) is 5.92 Å². The van der Waals surface area contributed by atoms with Crippen molar-refractivity contribution in [3.63, 3.8) is 0 Å². The van der Waals surface area contributed by atoms with Gasteiger partial charge in [0.25, 0.3) is 0 Å². The molecule has 1 fully saturated rings.